The normalized spacial score (nSPS) is 11.5. The highest BCUT2D eigenvalue weighted by Gasteiger charge is 2.17. The molecular weight excluding hydrogens is 304 g/mol. The lowest BCUT2D eigenvalue weighted by Crippen LogP contribution is -2.14. The summed E-state index contributed by atoms with van der Waals surface area (Å²) < 4.78 is 27.1. The maximum absolute atomic E-state index is 12.3. The largest absolute Gasteiger partial charge is 0.364 e. The van der Waals surface area contributed by atoms with E-state index in [1.54, 1.807) is 36.4 Å². The molecule has 7 nitrogen and oxygen atoms in total. The van der Waals surface area contributed by atoms with Crippen molar-refractivity contribution in [3.8, 4) is 0 Å². The minimum absolute atomic E-state index is 0.0892. The molecule has 0 radical (unpaired) electrons. The number of sulfonamides is 1. The van der Waals surface area contributed by atoms with E-state index in [2.05, 4.69) is 14.7 Å². The number of para-hydroxylation sites is 1. The number of carbonyl (C=O) groups is 1. The number of nitrogens with one attached hydrogen (secondary N) is 2. The Hall–Kier alpha value is -2.87. The summed E-state index contributed by atoms with van der Waals surface area (Å²) in [4.78, 5) is 17.9. The average Bonchev–Trinajstić information content (AvgIpc) is 2.93. The molecule has 0 atom stereocenters. The number of aromatic nitrogens is 2. The predicted molar refractivity (Wildman–Crippen MR) is 81.9 cm³/mol. The van der Waals surface area contributed by atoms with E-state index in [0.717, 1.165) is 0 Å². The topological polar surface area (TPSA) is 118 Å². The third-order valence-corrected chi connectivity index (χ3v) is 4.36. The lowest BCUT2D eigenvalue weighted by atomic mass is 10.2. The molecule has 0 fully saturated rings. The molecule has 1 aromatic carbocycles. The summed E-state index contributed by atoms with van der Waals surface area (Å²) in [6, 6.07) is 11.2. The molecule has 1 amide bonds. The quantitative estimate of drug-likeness (QED) is 0.675. The molecule has 0 saturated carbocycles. The van der Waals surface area contributed by atoms with Crippen LogP contribution in [-0.2, 0) is 10.0 Å². The number of hydrogen-bond acceptors (Lipinski definition) is 4. The van der Waals surface area contributed by atoms with Gasteiger partial charge in [-0.25, -0.2) is 4.98 Å². The van der Waals surface area contributed by atoms with Crippen molar-refractivity contribution in [3.63, 3.8) is 0 Å². The first-order chi connectivity index (χ1) is 10.5. The van der Waals surface area contributed by atoms with Crippen molar-refractivity contribution in [1.82, 2.24) is 9.97 Å². The molecule has 2 heterocycles. The monoisotopic (exact) mass is 316 g/mol. The first-order valence-corrected chi connectivity index (χ1v) is 7.81. The fourth-order valence-electron chi connectivity index (χ4n) is 2.08. The zero-order valence-corrected chi connectivity index (χ0v) is 12.1. The van der Waals surface area contributed by atoms with Gasteiger partial charge in [0.1, 0.15) is 5.69 Å². The first kappa shape index (κ1) is 14.1. The molecule has 3 rings (SSSR count). The van der Waals surface area contributed by atoms with Crippen molar-refractivity contribution in [3.05, 3.63) is 54.4 Å². The van der Waals surface area contributed by atoms with E-state index in [0.29, 0.717) is 16.6 Å². The molecule has 0 aliphatic heterocycles. The van der Waals surface area contributed by atoms with Gasteiger partial charge in [0.25, 0.3) is 15.9 Å². The second-order valence-electron chi connectivity index (χ2n) is 4.59. The summed E-state index contributed by atoms with van der Waals surface area (Å²) in [5.41, 5.74) is 6.23. The number of anilines is 1. The lowest BCUT2D eigenvalue weighted by molar-refractivity contribution is 0.0996. The summed E-state index contributed by atoms with van der Waals surface area (Å²) in [6.45, 7) is 0. The third kappa shape index (κ3) is 2.51. The van der Waals surface area contributed by atoms with Crippen LogP contribution >= 0.6 is 0 Å². The van der Waals surface area contributed by atoms with Gasteiger partial charge in [0, 0.05) is 11.6 Å². The van der Waals surface area contributed by atoms with Gasteiger partial charge in [-0.1, -0.05) is 18.2 Å². The Balaban J connectivity index is 2.06. The van der Waals surface area contributed by atoms with Crippen LogP contribution in [-0.4, -0.2) is 24.3 Å². The average molecular weight is 316 g/mol. The zero-order valence-electron chi connectivity index (χ0n) is 11.3. The van der Waals surface area contributed by atoms with E-state index in [9.17, 15) is 13.2 Å². The minimum Gasteiger partial charge on any atom is -0.364 e. The number of carbonyl (C=O) groups excluding carboxylic acids is 1. The third-order valence-electron chi connectivity index (χ3n) is 3.08. The van der Waals surface area contributed by atoms with Crippen LogP contribution in [0.3, 0.4) is 0 Å². The number of primary amides is 1. The van der Waals surface area contributed by atoms with Crippen LogP contribution in [0.2, 0.25) is 0 Å². The SMILES string of the molecule is NC(=O)c1cc2cccc(NS(=O)(=O)c3ccccn3)c2[nH]1. The molecule has 0 saturated heterocycles. The number of rotatable bonds is 4. The number of nitrogens with zero attached hydrogens (tertiary/aromatic N) is 1. The van der Waals surface area contributed by atoms with Crippen molar-refractivity contribution in [2.45, 2.75) is 5.03 Å². The van der Waals surface area contributed by atoms with E-state index in [1.165, 1.54) is 12.3 Å². The highest BCUT2D eigenvalue weighted by atomic mass is 32.2. The second kappa shape index (κ2) is 5.15. The predicted octanol–water partition coefficient (Wildman–Crippen LogP) is 1.46. The van der Waals surface area contributed by atoms with Gasteiger partial charge in [-0.2, -0.15) is 8.42 Å². The van der Waals surface area contributed by atoms with E-state index in [-0.39, 0.29) is 10.7 Å². The Morgan fingerprint density at radius 1 is 1.18 bits per heavy atom. The van der Waals surface area contributed by atoms with Crippen LogP contribution < -0.4 is 10.5 Å². The Labute approximate surface area is 126 Å². The molecule has 22 heavy (non-hydrogen) atoms. The van der Waals surface area contributed by atoms with Crippen molar-refractivity contribution in [1.29, 1.82) is 0 Å². The number of H-pyrrole nitrogens is 1. The maximum atomic E-state index is 12.3. The van der Waals surface area contributed by atoms with Gasteiger partial charge < -0.3 is 10.7 Å². The van der Waals surface area contributed by atoms with Crippen LogP contribution in [0.5, 0.6) is 0 Å². The summed E-state index contributed by atoms with van der Waals surface area (Å²) in [7, 11) is -3.81. The Kier molecular flexibility index (Phi) is 3.30. The van der Waals surface area contributed by atoms with Gasteiger partial charge in [0.05, 0.1) is 11.2 Å². The Bertz CT molecular complexity index is 949. The number of amides is 1. The number of aromatic amines is 1. The van der Waals surface area contributed by atoms with Gasteiger partial charge in [-0.05, 0) is 24.3 Å². The van der Waals surface area contributed by atoms with E-state index < -0.39 is 15.9 Å². The van der Waals surface area contributed by atoms with E-state index in [4.69, 9.17) is 5.73 Å². The van der Waals surface area contributed by atoms with Crippen LogP contribution in [0.25, 0.3) is 10.9 Å². The van der Waals surface area contributed by atoms with Crippen molar-refractivity contribution < 1.29 is 13.2 Å². The Morgan fingerprint density at radius 3 is 2.68 bits per heavy atom. The molecule has 4 N–H and O–H groups in total. The summed E-state index contributed by atoms with van der Waals surface area (Å²) >= 11 is 0. The number of fused-ring (bicyclic) bond motifs is 1. The van der Waals surface area contributed by atoms with Gasteiger partial charge >= 0.3 is 0 Å². The molecule has 0 aliphatic carbocycles. The molecule has 8 heteroatoms. The van der Waals surface area contributed by atoms with Gasteiger partial charge in [0.2, 0.25) is 0 Å². The number of pyridine rings is 1. The summed E-state index contributed by atoms with van der Waals surface area (Å²) in [6.07, 6.45) is 1.40. The molecule has 0 unspecified atom stereocenters. The molecule has 0 bridgehead atoms. The lowest BCUT2D eigenvalue weighted by Gasteiger charge is -2.08. The van der Waals surface area contributed by atoms with Crippen molar-refractivity contribution in [2.75, 3.05) is 4.72 Å². The summed E-state index contributed by atoms with van der Waals surface area (Å²) in [5.74, 6) is -0.616. The second-order valence-corrected chi connectivity index (χ2v) is 6.22. The minimum atomic E-state index is -3.81. The standard InChI is InChI=1S/C14H12N4O3S/c15-14(19)11-8-9-4-3-5-10(13(9)17-11)18-22(20,21)12-6-1-2-7-16-12/h1-8,17-18H,(H2,15,19). The zero-order chi connectivity index (χ0) is 15.7. The van der Waals surface area contributed by atoms with Crippen molar-refractivity contribution in [2.24, 2.45) is 5.73 Å². The van der Waals surface area contributed by atoms with Crippen LogP contribution in [0.1, 0.15) is 10.5 Å². The fourth-order valence-corrected chi connectivity index (χ4v) is 3.10. The number of benzene rings is 1. The smallest absolute Gasteiger partial charge is 0.279 e. The van der Waals surface area contributed by atoms with Gasteiger partial charge in [0.15, 0.2) is 5.03 Å². The highest BCUT2D eigenvalue weighted by molar-refractivity contribution is 7.92. The number of hydrogen-bond donors (Lipinski definition) is 3. The van der Waals surface area contributed by atoms with E-state index >= 15 is 0 Å². The highest BCUT2D eigenvalue weighted by Crippen LogP contribution is 2.25. The molecule has 2 aromatic heterocycles. The Morgan fingerprint density at radius 2 is 2.00 bits per heavy atom. The maximum Gasteiger partial charge on any atom is 0.279 e. The van der Waals surface area contributed by atoms with Crippen LogP contribution in [0.15, 0.2) is 53.7 Å². The summed E-state index contributed by atoms with van der Waals surface area (Å²) in [5, 5.41) is 0.587. The fraction of sp³-hybridized carbons (Fsp3) is 0. The van der Waals surface area contributed by atoms with Crippen LogP contribution in [0, 0.1) is 0 Å². The number of nitrogens with two attached hydrogens (primary N) is 1. The van der Waals surface area contributed by atoms with Gasteiger partial charge in [-0.15, -0.1) is 0 Å². The van der Waals surface area contributed by atoms with E-state index in [1.807, 2.05) is 0 Å². The van der Waals surface area contributed by atoms with Crippen LogP contribution in [0.4, 0.5) is 5.69 Å². The molecule has 3 aromatic rings. The first-order valence-electron chi connectivity index (χ1n) is 6.33. The van der Waals surface area contributed by atoms with Crippen molar-refractivity contribution >= 4 is 32.5 Å². The molecule has 0 spiro atoms. The molecule has 0 aliphatic rings. The molecular formula is C14H12N4O3S. The molecule has 112 valence electrons. The van der Waals surface area contributed by atoms with Gasteiger partial charge in [-0.3, -0.25) is 9.52 Å².